The van der Waals surface area contributed by atoms with E-state index in [1.54, 1.807) is 12.3 Å². The molecule has 21 heavy (non-hydrogen) atoms. The fourth-order valence-electron chi connectivity index (χ4n) is 2.09. The van der Waals surface area contributed by atoms with Crippen LogP contribution < -0.4 is 5.32 Å². The summed E-state index contributed by atoms with van der Waals surface area (Å²) in [5.74, 6) is 0.439. The third-order valence-electron chi connectivity index (χ3n) is 3.51. The van der Waals surface area contributed by atoms with Gasteiger partial charge in [0.15, 0.2) is 0 Å². The van der Waals surface area contributed by atoms with Gasteiger partial charge in [0, 0.05) is 30.1 Å². The summed E-state index contributed by atoms with van der Waals surface area (Å²) in [6.45, 7) is 12.7. The molecule has 0 spiro atoms. The van der Waals surface area contributed by atoms with Crippen molar-refractivity contribution >= 4 is 17.3 Å². The zero-order valence-corrected chi connectivity index (χ0v) is 13.4. The number of aromatic nitrogens is 1. The molecular weight excluding hydrogens is 262 g/mol. The van der Waals surface area contributed by atoms with Crippen molar-refractivity contribution < 1.29 is 4.79 Å². The van der Waals surface area contributed by atoms with E-state index < -0.39 is 0 Å². The summed E-state index contributed by atoms with van der Waals surface area (Å²) in [6, 6.07) is 0. The number of rotatable bonds is 5. The van der Waals surface area contributed by atoms with Gasteiger partial charge >= 0.3 is 0 Å². The standard InChI is InChI=1S/C17H25N3O/c1-6-14(12-7-8-12)20-15-11(2)18-9-13(15)16(21)19-10-17(3,4)5/h6,9,12,18H,1,7-8,10H2,2-5H3,(H,19,21)/b20-14+. The van der Waals surface area contributed by atoms with Gasteiger partial charge in [0.25, 0.3) is 5.91 Å². The number of aliphatic imine (C=N–C) groups is 1. The van der Waals surface area contributed by atoms with E-state index in [4.69, 9.17) is 0 Å². The number of amides is 1. The lowest BCUT2D eigenvalue weighted by Crippen LogP contribution is -2.32. The number of hydrogen-bond acceptors (Lipinski definition) is 2. The fourth-order valence-corrected chi connectivity index (χ4v) is 2.09. The van der Waals surface area contributed by atoms with Crippen LogP contribution in [0.3, 0.4) is 0 Å². The summed E-state index contributed by atoms with van der Waals surface area (Å²) in [5.41, 5.74) is 3.31. The number of hydrogen-bond donors (Lipinski definition) is 2. The first-order valence-corrected chi connectivity index (χ1v) is 7.49. The summed E-state index contributed by atoms with van der Waals surface area (Å²) in [7, 11) is 0. The van der Waals surface area contributed by atoms with Crippen LogP contribution in [0.5, 0.6) is 0 Å². The molecule has 4 nitrogen and oxygen atoms in total. The predicted molar refractivity (Wildman–Crippen MR) is 87.3 cm³/mol. The molecular formula is C17H25N3O. The molecule has 0 aromatic carbocycles. The third-order valence-corrected chi connectivity index (χ3v) is 3.51. The van der Waals surface area contributed by atoms with E-state index in [1.807, 2.05) is 6.92 Å². The van der Waals surface area contributed by atoms with E-state index in [1.165, 1.54) is 12.8 Å². The lowest BCUT2D eigenvalue weighted by Gasteiger charge is -2.18. The molecule has 1 heterocycles. The minimum Gasteiger partial charge on any atom is -0.363 e. The molecule has 0 saturated heterocycles. The van der Waals surface area contributed by atoms with E-state index in [2.05, 4.69) is 42.6 Å². The Balaban J connectivity index is 2.21. The van der Waals surface area contributed by atoms with Crippen LogP contribution in [0.15, 0.2) is 23.8 Å². The second-order valence-electron chi connectivity index (χ2n) is 6.93. The number of aryl methyl sites for hydroxylation is 1. The second-order valence-corrected chi connectivity index (χ2v) is 6.93. The van der Waals surface area contributed by atoms with E-state index >= 15 is 0 Å². The van der Waals surface area contributed by atoms with Gasteiger partial charge in [0.2, 0.25) is 0 Å². The number of nitrogens with one attached hydrogen (secondary N) is 2. The molecule has 1 amide bonds. The molecule has 1 aromatic heterocycles. The van der Waals surface area contributed by atoms with Crippen LogP contribution in [0.4, 0.5) is 5.69 Å². The summed E-state index contributed by atoms with van der Waals surface area (Å²) in [4.78, 5) is 20.1. The van der Waals surface area contributed by atoms with Gasteiger partial charge in [-0.3, -0.25) is 9.79 Å². The normalized spacial score (nSPS) is 15.9. The molecule has 0 bridgehead atoms. The summed E-state index contributed by atoms with van der Waals surface area (Å²) >= 11 is 0. The monoisotopic (exact) mass is 287 g/mol. The highest BCUT2D eigenvalue weighted by Crippen LogP contribution is 2.34. The third kappa shape index (κ3) is 4.06. The number of allylic oxidation sites excluding steroid dienone is 1. The van der Waals surface area contributed by atoms with Gasteiger partial charge in [-0.1, -0.05) is 27.4 Å². The van der Waals surface area contributed by atoms with Gasteiger partial charge in [0.1, 0.15) is 0 Å². The van der Waals surface area contributed by atoms with Crippen molar-refractivity contribution in [2.45, 2.75) is 40.5 Å². The van der Waals surface area contributed by atoms with E-state index in [0.29, 0.717) is 18.0 Å². The number of aromatic amines is 1. The first-order chi connectivity index (χ1) is 9.81. The van der Waals surface area contributed by atoms with Crippen molar-refractivity contribution in [2.24, 2.45) is 16.3 Å². The van der Waals surface area contributed by atoms with Gasteiger partial charge < -0.3 is 10.3 Å². The molecule has 0 atom stereocenters. The largest absolute Gasteiger partial charge is 0.363 e. The number of carbonyl (C=O) groups is 1. The molecule has 1 fully saturated rings. The maximum atomic E-state index is 12.4. The molecule has 1 aromatic rings. The molecule has 114 valence electrons. The van der Waals surface area contributed by atoms with E-state index in [0.717, 1.165) is 17.1 Å². The molecule has 0 unspecified atom stereocenters. The predicted octanol–water partition coefficient (Wildman–Crippen LogP) is 3.77. The first-order valence-electron chi connectivity index (χ1n) is 7.49. The maximum Gasteiger partial charge on any atom is 0.255 e. The highest BCUT2D eigenvalue weighted by molar-refractivity contribution is 6.04. The van der Waals surface area contributed by atoms with Gasteiger partial charge in [-0.25, -0.2) is 0 Å². The van der Waals surface area contributed by atoms with Crippen molar-refractivity contribution in [1.82, 2.24) is 10.3 Å². The average molecular weight is 287 g/mol. The Morgan fingerprint density at radius 2 is 2.19 bits per heavy atom. The Bertz CT molecular complexity index is 571. The average Bonchev–Trinajstić information content (AvgIpc) is 3.18. The minimum absolute atomic E-state index is 0.0603. The van der Waals surface area contributed by atoms with Crippen LogP contribution in [0.25, 0.3) is 0 Å². The van der Waals surface area contributed by atoms with Gasteiger partial charge in [-0.15, -0.1) is 0 Å². The van der Waals surface area contributed by atoms with Crippen LogP contribution in [0, 0.1) is 18.3 Å². The molecule has 1 saturated carbocycles. The highest BCUT2D eigenvalue weighted by atomic mass is 16.1. The SMILES string of the molecule is C=C/C(=N\c1c(C(=O)NCC(C)(C)C)c[nH]c1C)C1CC1. The number of carbonyl (C=O) groups excluding carboxylic acids is 1. The van der Waals surface area contributed by atoms with Gasteiger partial charge in [-0.05, 0) is 31.3 Å². The molecule has 0 aliphatic heterocycles. The second kappa shape index (κ2) is 5.88. The Morgan fingerprint density at radius 3 is 2.71 bits per heavy atom. The maximum absolute atomic E-state index is 12.4. The van der Waals surface area contributed by atoms with Gasteiger partial charge in [-0.2, -0.15) is 0 Å². The Hall–Kier alpha value is -1.84. The van der Waals surface area contributed by atoms with Crippen LogP contribution in [-0.2, 0) is 0 Å². The van der Waals surface area contributed by atoms with Crippen LogP contribution in [0.1, 0.15) is 49.7 Å². The molecule has 4 heteroatoms. The summed E-state index contributed by atoms with van der Waals surface area (Å²) < 4.78 is 0. The molecule has 2 rings (SSSR count). The van der Waals surface area contributed by atoms with Crippen molar-refractivity contribution in [3.8, 4) is 0 Å². The topological polar surface area (TPSA) is 57.2 Å². The molecule has 1 aliphatic carbocycles. The Kier molecular flexibility index (Phi) is 4.35. The van der Waals surface area contributed by atoms with Crippen LogP contribution in [-0.4, -0.2) is 23.1 Å². The fraction of sp³-hybridized carbons (Fsp3) is 0.529. The van der Waals surface area contributed by atoms with Gasteiger partial charge in [0.05, 0.1) is 11.3 Å². The summed E-state index contributed by atoms with van der Waals surface area (Å²) in [6.07, 6.45) is 5.88. The van der Waals surface area contributed by atoms with Crippen LogP contribution >= 0.6 is 0 Å². The summed E-state index contributed by atoms with van der Waals surface area (Å²) in [5, 5.41) is 2.97. The Morgan fingerprint density at radius 1 is 1.52 bits per heavy atom. The Labute approximate surface area is 126 Å². The smallest absolute Gasteiger partial charge is 0.255 e. The van der Waals surface area contributed by atoms with E-state index in [-0.39, 0.29) is 11.3 Å². The van der Waals surface area contributed by atoms with Crippen LogP contribution in [0.2, 0.25) is 0 Å². The lowest BCUT2D eigenvalue weighted by molar-refractivity contribution is 0.0940. The number of nitrogens with zero attached hydrogens (tertiary/aromatic N) is 1. The van der Waals surface area contributed by atoms with Crippen molar-refractivity contribution in [3.63, 3.8) is 0 Å². The molecule has 1 aliphatic rings. The zero-order chi connectivity index (χ0) is 15.6. The van der Waals surface area contributed by atoms with Crippen molar-refractivity contribution in [3.05, 3.63) is 30.1 Å². The van der Waals surface area contributed by atoms with Crippen molar-refractivity contribution in [1.29, 1.82) is 0 Å². The molecule has 2 N–H and O–H groups in total. The minimum atomic E-state index is -0.0766. The highest BCUT2D eigenvalue weighted by Gasteiger charge is 2.26. The number of H-pyrrole nitrogens is 1. The molecule has 0 radical (unpaired) electrons. The van der Waals surface area contributed by atoms with E-state index in [9.17, 15) is 4.79 Å². The first kappa shape index (κ1) is 15.5. The zero-order valence-electron chi connectivity index (χ0n) is 13.4. The quantitative estimate of drug-likeness (QED) is 0.796. The van der Waals surface area contributed by atoms with Crippen molar-refractivity contribution in [2.75, 3.05) is 6.54 Å². The lowest BCUT2D eigenvalue weighted by atomic mass is 9.97.